The van der Waals surface area contributed by atoms with Crippen molar-refractivity contribution >= 4 is 15.9 Å². The Morgan fingerprint density at radius 1 is 1.58 bits per heavy atom. The zero-order valence-electron chi connectivity index (χ0n) is 6.83. The van der Waals surface area contributed by atoms with Crippen LogP contribution in [-0.2, 0) is 14.8 Å². The van der Waals surface area contributed by atoms with Gasteiger partial charge in [-0.1, -0.05) is 6.58 Å². The van der Waals surface area contributed by atoms with E-state index in [1.54, 1.807) is 0 Å². The minimum Gasteiger partial charge on any atom is -0.370 e. The number of allylic oxidation sites excluding steroid dienone is 1. The molecule has 0 heterocycles. The van der Waals surface area contributed by atoms with Crippen LogP contribution in [0.15, 0.2) is 12.3 Å². The molecule has 1 amide bonds. The highest BCUT2D eigenvalue weighted by Crippen LogP contribution is 1.92. The summed E-state index contributed by atoms with van der Waals surface area (Å²) in [6.45, 7) is 4.88. The fourth-order valence-corrected chi connectivity index (χ4v) is 1.65. The fraction of sp³-hybridized carbons (Fsp3) is 0.500. The van der Waals surface area contributed by atoms with Gasteiger partial charge in [0.15, 0.2) is 0 Å². The molecule has 0 aliphatic rings. The monoisotopic (exact) mass is 192 g/mol. The van der Waals surface area contributed by atoms with Crippen molar-refractivity contribution in [3.8, 4) is 0 Å². The van der Waals surface area contributed by atoms with Crippen LogP contribution in [0.25, 0.3) is 0 Å². The molecule has 12 heavy (non-hydrogen) atoms. The highest BCUT2D eigenvalue weighted by atomic mass is 32.2. The van der Waals surface area contributed by atoms with E-state index in [0.29, 0.717) is 5.70 Å². The first-order valence-corrected chi connectivity index (χ1v) is 4.93. The maximum atomic E-state index is 11.0. The van der Waals surface area contributed by atoms with Crippen LogP contribution in [0.3, 0.4) is 0 Å². The third-order valence-electron chi connectivity index (χ3n) is 0.947. The van der Waals surface area contributed by atoms with E-state index < -0.39 is 15.9 Å². The number of nitrogens with one attached hydrogen (secondary N) is 1. The molecular formula is C6H12N2O3S. The largest absolute Gasteiger partial charge is 0.370 e. The second-order valence-electron chi connectivity index (χ2n) is 2.42. The number of hydrogen-bond acceptors (Lipinski definition) is 3. The normalized spacial score (nSPS) is 10.8. The average Bonchev–Trinajstić information content (AvgIpc) is 1.81. The summed E-state index contributed by atoms with van der Waals surface area (Å²) in [4.78, 5) is 10.2. The number of sulfonamides is 1. The van der Waals surface area contributed by atoms with Gasteiger partial charge in [0.25, 0.3) is 0 Å². The lowest BCUT2D eigenvalue weighted by atomic mass is 10.5. The first-order chi connectivity index (χ1) is 5.33. The Bertz CT molecular complexity index is 281. The summed E-state index contributed by atoms with van der Waals surface area (Å²) < 4.78 is 24.1. The highest BCUT2D eigenvalue weighted by molar-refractivity contribution is 7.89. The predicted molar refractivity (Wildman–Crippen MR) is 45.5 cm³/mol. The van der Waals surface area contributed by atoms with Gasteiger partial charge in [0.2, 0.25) is 15.9 Å². The predicted octanol–water partition coefficient (Wildman–Crippen LogP) is -0.685. The van der Waals surface area contributed by atoms with Gasteiger partial charge in [-0.2, -0.15) is 0 Å². The van der Waals surface area contributed by atoms with Gasteiger partial charge in [-0.3, -0.25) is 9.52 Å². The lowest BCUT2D eigenvalue weighted by molar-refractivity contribution is -0.117. The molecule has 0 aromatic carbocycles. The van der Waals surface area contributed by atoms with E-state index >= 15 is 0 Å². The smallest absolute Gasteiger partial charge is 0.232 e. The van der Waals surface area contributed by atoms with Crippen LogP contribution in [0.2, 0.25) is 0 Å². The molecule has 0 unspecified atom stereocenters. The van der Waals surface area contributed by atoms with Crippen molar-refractivity contribution in [3.05, 3.63) is 12.3 Å². The molecule has 5 nitrogen and oxygen atoms in total. The zero-order chi connectivity index (χ0) is 9.78. The maximum absolute atomic E-state index is 11.0. The molecule has 0 rings (SSSR count). The van der Waals surface area contributed by atoms with Gasteiger partial charge in [0, 0.05) is 12.1 Å². The summed E-state index contributed by atoms with van der Waals surface area (Å²) in [6, 6.07) is 0. The van der Waals surface area contributed by atoms with Gasteiger partial charge in [0.1, 0.15) is 0 Å². The van der Waals surface area contributed by atoms with Crippen LogP contribution >= 0.6 is 0 Å². The Morgan fingerprint density at radius 2 is 2.08 bits per heavy atom. The summed E-state index contributed by atoms with van der Waals surface area (Å²) >= 11 is 0. The zero-order valence-corrected chi connectivity index (χ0v) is 7.65. The summed E-state index contributed by atoms with van der Waals surface area (Å²) in [5, 5.41) is 0. The number of rotatable bonds is 5. The van der Waals surface area contributed by atoms with Crippen molar-refractivity contribution in [1.29, 1.82) is 0 Å². The van der Waals surface area contributed by atoms with Crippen LogP contribution in [0, 0.1) is 0 Å². The molecule has 0 atom stereocenters. The second kappa shape index (κ2) is 4.10. The van der Waals surface area contributed by atoms with Crippen LogP contribution in [-0.4, -0.2) is 20.1 Å². The molecular weight excluding hydrogens is 180 g/mol. The van der Waals surface area contributed by atoms with Gasteiger partial charge in [-0.25, -0.2) is 8.42 Å². The van der Waals surface area contributed by atoms with Gasteiger partial charge in [-0.15, -0.1) is 0 Å². The molecule has 3 N–H and O–H groups in total. The third kappa shape index (κ3) is 5.72. The summed E-state index contributed by atoms with van der Waals surface area (Å²) in [5.41, 5.74) is 5.10. The quantitative estimate of drug-likeness (QED) is 0.604. The van der Waals surface area contributed by atoms with Gasteiger partial charge in [-0.05, 0) is 6.92 Å². The molecule has 6 heteroatoms. The molecule has 0 radical (unpaired) electrons. The van der Waals surface area contributed by atoms with E-state index in [9.17, 15) is 13.2 Å². The number of primary amides is 1. The molecule has 0 saturated heterocycles. The van der Waals surface area contributed by atoms with Crippen molar-refractivity contribution in [3.63, 3.8) is 0 Å². The van der Waals surface area contributed by atoms with Crippen LogP contribution in [0.5, 0.6) is 0 Å². The molecule has 0 spiro atoms. The van der Waals surface area contributed by atoms with E-state index in [-0.39, 0.29) is 12.2 Å². The minimum absolute atomic E-state index is 0.178. The Balaban J connectivity index is 4.06. The van der Waals surface area contributed by atoms with E-state index in [4.69, 9.17) is 5.73 Å². The van der Waals surface area contributed by atoms with Gasteiger partial charge >= 0.3 is 0 Å². The van der Waals surface area contributed by atoms with Crippen molar-refractivity contribution in [2.75, 3.05) is 5.75 Å². The summed E-state index contributed by atoms with van der Waals surface area (Å²) in [5.74, 6) is -0.933. The SMILES string of the molecule is C=C(C)NS(=O)(=O)CCC(N)=O. The molecule has 0 bridgehead atoms. The van der Waals surface area contributed by atoms with Crippen molar-refractivity contribution in [2.24, 2.45) is 5.73 Å². The second-order valence-corrected chi connectivity index (χ2v) is 4.26. The van der Waals surface area contributed by atoms with Crippen LogP contribution in [0.1, 0.15) is 13.3 Å². The third-order valence-corrected chi connectivity index (χ3v) is 2.35. The molecule has 0 aliphatic heterocycles. The van der Waals surface area contributed by atoms with E-state index in [1.807, 2.05) is 0 Å². The topological polar surface area (TPSA) is 89.3 Å². The molecule has 0 aromatic rings. The number of nitrogens with two attached hydrogens (primary N) is 1. The lowest BCUT2D eigenvalue weighted by Crippen LogP contribution is -2.27. The maximum Gasteiger partial charge on any atom is 0.232 e. The molecule has 0 fully saturated rings. The number of carbonyl (C=O) groups excluding carboxylic acids is 1. The van der Waals surface area contributed by atoms with Crippen molar-refractivity contribution in [1.82, 2.24) is 4.72 Å². The molecule has 0 saturated carbocycles. The lowest BCUT2D eigenvalue weighted by Gasteiger charge is -2.04. The Labute approximate surface area is 71.7 Å². The molecule has 0 aromatic heterocycles. The van der Waals surface area contributed by atoms with Crippen molar-refractivity contribution in [2.45, 2.75) is 13.3 Å². The standard InChI is InChI=1S/C6H12N2O3S/c1-5(2)8-12(10,11)4-3-6(7)9/h8H,1,3-4H2,2H3,(H2,7,9). The summed E-state index contributed by atoms with van der Waals surface area (Å²) in [6.07, 6.45) is -0.178. The van der Waals surface area contributed by atoms with Gasteiger partial charge < -0.3 is 5.73 Å². The Hall–Kier alpha value is -1.04. The van der Waals surface area contributed by atoms with E-state index in [1.165, 1.54) is 6.92 Å². The highest BCUT2D eigenvalue weighted by Gasteiger charge is 2.10. The fourth-order valence-electron chi connectivity index (χ4n) is 0.551. The summed E-state index contributed by atoms with van der Waals surface area (Å²) in [7, 11) is -3.43. The minimum atomic E-state index is -3.43. The molecule has 70 valence electrons. The Morgan fingerprint density at radius 3 is 2.42 bits per heavy atom. The molecule has 0 aliphatic carbocycles. The van der Waals surface area contributed by atoms with Crippen LogP contribution in [0.4, 0.5) is 0 Å². The van der Waals surface area contributed by atoms with E-state index in [2.05, 4.69) is 11.3 Å². The number of hydrogen-bond donors (Lipinski definition) is 2. The Kier molecular flexibility index (Phi) is 3.75. The number of amides is 1. The van der Waals surface area contributed by atoms with Crippen molar-refractivity contribution < 1.29 is 13.2 Å². The first-order valence-electron chi connectivity index (χ1n) is 3.28. The number of carbonyl (C=O) groups is 1. The van der Waals surface area contributed by atoms with E-state index in [0.717, 1.165) is 0 Å². The average molecular weight is 192 g/mol. The van der Waals surface area contributed by atoms with Crippen LogP contribution < -0.4 is 10.5 Å². The van der Waals surface area contributed by atoms with Gasteiger partial charge in [0.05, 0.1) is 5.75 Å². The first kappa shape index (κ1) is 11.0.